The molecular formula is C35H29N3. The molecule has 0 saturated heterocycles. The van der Waals surface area contributed by atoms with Gasteiger partial charge in [-0.2, -0.15) is 0 Å². The molecular weight excluding hydrogens is 462 g/mol. The van der Waals surface area contributed by atoms with Crippen molar-refractivity contribution < 1.29 is 0 Å². The van der Waals surface area contributed by atoms with Crippen molar-refractivity contribution in [1.29, 1.82) is 0 Å². The van der Waals surface area contributed by atoms with Crippen molar-refractivity contribution in [1.82, 2.24) is 15.0 Å². The summed E-state index contributed by atoms with van der Waals surface area (Å²) >= 11 is 0. The zero-order chi connectivity index (χ0) is 26.1. The highest BCUT2D eigenvalue weighted by Gasteiger charge is 2.21. The molecule has 0 atom stereocenters. The van der Waals surface area contributed by atoms with Crippen LogP contribution in [0, 0.1) is 0 Å². The number of benzene rings is 5. The Labute approximate surface area is 223 Å². The highest BCUT2D eigenvalue weighted by molar-refractivity contribution is 5.96. The zero-order valence-electron chi connectivity index (χ0n) is 21.9. The Hall–Kier alpha value is -4.63. The lowest BCUT2D eigenvalue weighted by atomic mass is 9.95. The molecule has 0 unspecified atom stereocenters. The molecule has 0 bridgehead atoms. The molecule has 1 aromatic heterocycles. The first-order valence-electron chi connectivity index (χ1n) is 13.0. The van der Waals surface area contributed by atoms with Gasteiger partial charge in [0.2, 0.25) is 0 Å². The Morgan fingerprint density at radius 3 is 1.55 bits per heavy atom. The standard InChI is InChI=1S/C35H29N3/c1-35(2,3)34-37-32(28-20-16-25(17-21-28)24-10-5-4-6-11-24)36-33(38-34)29-22-18-27(19-23-29)31-15-9-13-26-12-7-8-14-30(26)31/h4-23H,1-3H3. The van der Waals surface area contributed by atoms with Gasteiger partial charge in [-0.05, 0) is 33.0 Å². The molecule has 184 valence electrons. The van der Waals surface area contributed by atoms with E-state index in [9.17, 15) is 0 Å². The first-order valence-corrected chi connectivity index (χ1v) is 13.0. The molecule has 0 aliphatic rings. The largest absolute Gasteiger partial charge is 0.212 e. The van der Waals surface area contributed by atoms with E-state index in [2.05, 4.69) is 136 Å². The molecule has 0 N–H and O–H groups in total. The van der Waals surface area contributed by atoms with Crippen LogP contribution in [-0.4, -0.2) is 15.0 Å². The van der Waals surface area contributed by atoms with E-state index in [0.717, 1.165) is 17.0 Å². The van der Waals surface area contributed by atoms with Gasteiger partial charge in [-0.25, -0.2) is 15.0 Å². The monoisotopic (exact) mass is 491 g/mol. The Bertz CT molecular complexity index is 1710. The average Bonchev–Trinajstić information content (AvgIpc) is 2.97. The summed E-state index contributed by atoms with van der Waals surface area (Å²) in [5.41, 5.74) is 6.50. The maximum absolute atomic E-state index is 4.92. The highest BCUT2D eigenvalue weighted by atomic mass is 15.0. The topological polar surface area (TPSA) is 38.7 Å². The van der Waals surface area contributed by atoms with Crippen molar-refractivity contribution in [3.05, 3.63) is 127 Å². The third-order valence-electron chi connectivity index (χ3n) is 6.80. The molecule has 1 heterocycles. The van der Waals surface area contributed by atoms with E-state index in [-0.39, 0.29) is 5.41 Å². The maximum atomic E-state index is 4.92. The lowest BCUT2D eigenvalue weighted by molar-refractivity contribution is 0.543. The van der Waals surface area contributed by atoms with E-state index in [4.69, 9.17) is 15.0 Å². The minimum absolute atomic E-state index is 0.209. The summed E-state index contributed by atoms with van der Waals surface area (Å²) in [4.78, 5) is 14.7. The van der Waals surface area contributed by atoms with Crippen LogP contribution in [0.25, 0.3) is 55.8 Å². The lowest BCUT2D eigenvalue weighted by Gasteiger charge is -2.18. The van der Waals surface area contributed by atoms with E-state index < -0.39 is 0 Å². The molecule has 5 aromatic carbocycles. The Balaban J connectivity index is 1.39. The summed E-state index contributed by atoms with van der Waals surface area (Å²) in [5.74, 6) is 2.16. The number of hydrogen-bond donors (Lipinski definition) is 0. The summed E-state index contributed by atoms with van der Waals surface area (Å²) in [6.45, 7) is 6.41. The van der Waals surface area contributed by atoms with Crippen LogP contribution in [0.2, 0.25) is 0 Å². The van der Waals surface area contributed by atoms with Gasteiger partial charge >= 0.3 is 0 Å². The van der Waals surface area contributed by atoms with E-state index in [1.54, 1.807) is 0 Å². The SMILES string of the molecule is CC(C)(C)c1nc(-c2ccc(-c3ccccc3)cc2)nc(-c2ccc(-c3cccc4ccccc34)cc2)n1. The van der Waals surface area contributed by atoms with Crippen molar-refractivity contribution in [3.8, 4) is 45.0 Å². The summed E-state index contributed by atoms with van der Waals surface area (Å²) in [6.07, 6.45) is 0. The fraction of sp³-hybridized carbons (Fsp3) is 0.114. The van der Waals surface area contributed by atoms with Crippen molar-refractivity contribution >= 4 is 10.8 Å². The van der Waals surface area contributed by atoms with Gasteiger partial charge in [0.1, 0.15) is 5.82 Å². The predicted molar refractivity (Wildman–Crippen MR) is 158 cm³/mol. The molecule has 0 saturated carbocycles. The number of nitrogens with zero attached hydrogens (tertiary/aromatic N) is 3. The second kappa shape index (κ2) is 9.68. The minimum Gasteiger partial charge on any atom is -0.212 e. The van der Waals surface area contributed by atoms with Gasteiger partial charge in [-0.3, -0.25) is 0 Å². The van der Waals surface area contributed by atoms with E-state index in [1.807, 2.05) is 6.07 Å². The molecule has 0 spiro atoms. The van der Waals surface area contributed by atoms with Gasteiger partial charge in [-0.15, -0.1) is 0 Å². The Kier molecular flexibility index (Phi) is 6.05. The van der Waals surface area contributed by atoms with Crippen LogP contribution in [0.5, 0.6) is 0 Å². The van der Waals surface area contributed by atoms with E-state index >= 15 is 0 Å². The van der Waals surface area contributed by atoms with E-state index in [0.29, 0.717) is 11.6 Å². The van der Waals surface area contributed by atoms with Gasteiger partial charge in [0.05, 0.1) is 0 Å². The maximum Gasteiger partial charge on any atom is 0.163 e. The van der Waals surface area contributed by atoms with Crippen LogP contribution in [0.1, 0.15) is 26.6 Å². The molecule has 0 aliphatic heterocycles. The summed E-state index contributed by atoms with van der Waals surface area (Å²) < 4.78 is 0. The Morgan fingerprint density at radius 1 is 0.421 bits per heavy atom. The first kappa shape index (κ1) is 23.7. The lowest BCUT2D eigenvalue weighted by Crippen LogP contribution is -2.18. The molecule has 6 aromatic rings. The van der Waals surface area contributed by atoms with Crippen LogP contribution < -0.4 is 0 Å². The Morgan fingerprint density at radius 2 is 0.921 bits per heavy atom. The molecule has 3 heteroatoms. The van der Waals surface area contributed by atoms with Crippen LogP contribution in [0.3, 0.4) is 0 Å². The second-order valence-electron chi connectivity index (χ2n) is 10.6. The smallest absolute Gasteiger partial charge is 0.163 e. The first-order chi connectivity index (χ1) is 18.5. The number of aromatic nitrogens is 3. The van der Waals surface area contributed by atoms with Crippen molar-refractivity contribution in [2.45, 2.75) is 26.2 Å². The van der Waals surface area contributed by atoms with Gasteiger partial charge in [0, 0.05) is 16.5 Å². The van der Waals surface area contributed by atoms with Gasteiger partial charge in [-0.1, -0.05) is 142 Å². The minimum atomic E-state index is -0.209. The van der Waals surface area contributed by atoms with Gasteiger partial charge < -0.3 is 0 Å². The van der Waals surface area contributed by atoms with Crippen LogP contribution in [-0.2, 0) is 5.41 Å². The van der Waals surface area contributed by atoms with Crippen molar-refractivity contribution in [2.24, 2.45) is 0 Å². The van der Waals surface area contributed by atoms with Gasteiger partial charge in [0.15, 0.2) is 11.6 Å². The molecule has 0 fully saturated rings. The molecule has 0 aliphatic carbocycles. The zero-order valence-corrected chi connectivity index (χ0v) is 21.9. The number of rotatable bonds is 4. The van der Waals surface area contributed by atoms with E-state index in [1.165, 1.54) is 33.0 Å². The van der Waals surface area contributed by atoms with Crippen molar-refractivity contribution in [2.75, 3.05) is 0 Å². The molecule has 0 radical (unpaired) electrons. The predicted octanol–water partition coefficient (Wildman–Crippen LogP) is 8.99. The molecule has 3 nitrogen and oxygen atoms in total. The molecule has 6 rings (SSSR count). The summed E-state index contributed by atoms with van der Waals surface area (Å²) in [5, 5.41) is 2.49. The highest BCUT2D eigenvalue weighted by Crippen LogP contribution is 2.31. The quantitative estimate of drug-likeness (QED) is 0.247. The third kappa shape index (κ3) is 4.71. The van der Waals surface area contributed by atoms with Crippen LogP contribution in [0.15, 0.2) is 121 Å². The van der Waals surface area contributed by atoms with Crippen LogP contribution in [0.4, 0.5) is 0 Å². The fourth-order valence-electron chi connectivity index (χ4n) is 4.69. The van der Waals surface area contributed by atoms with Crippen molar-refractivity contribution in [3.63, 3.8) is 0 Å². The summed E-state index contributed by atoms with van der Waals surface area (Å²) in [6, 6.07) is 42.3. The van der Waals surface area contributed by atoms with Crippen LogP contribution >= 0.6 is 0 Å². The van der Waals surface area contributed by atoms with Gasteiger partial charge in [0.25, 0.3) is 0 Å². The summed E-state index contributed by atoms with van der Waals surface area (Å²) in [7, 11) is 0. The average molecular weight is 492 g/mol. The second-order valence-corrected chi connectivity index (χ2v) is 10.6. The number of hydrogen-bond acceptors (Lipinski definition) is 3. The fourth-order valence-corrected chi connectivity index (χ4v) is 4.69. The third-order valence-corrected chi connectivity index (χ3v) is 6.80. The molecule has 0 amide bonds. The molecule has 38 heavy (non-hydrogen) atoms. The number of fused-ring (bicyclic) bond motifs is 1. The normalized spacial score (nSPS) is 11.6.